The van der Waals surface area contributed by atoms with Crippen molar-refractivity contribution in [3.05, 3.63) is 68.2 Å². The van der Waals surface area contributed by atoms with Crippen molar-refractivity contribution in [2.45, 2.75) is 0 Å². The van der Waals surface area contributed by atoms with Crippen LogP contribution in [-0.2, 0) is 4.79 Å². The summed E-state index contributed by atoms with van der Waals surface area (Å²) in [7, 11) is 0. The number of amides is 1. The summed E-state index contributed by atoms with van der Waals surface area (Å²) < 4.78 is 0.687. The minimum atomic E-state index is -0.494. The number of anilines is 1. The predicted octanol–water partition coefficient (Wildman–Crippen LogP) is 5.16. The summed E-state index contributed by atoms with van der Waals surface area (Å²) in [5, 5.41) is 14.7. The van der Waals surface area contributed by atoms with Gasteiger partial charge in [-0.2, -0.15) is 0 Å². The lowest BCUT2D eigenvalue weighted by Crippen LogP contribution is -2.07. The lowest BCUT2D eigenvalue weighted by Gasteiger charge is -1.96. The van der Waals surface area contributed by atoms with Crippen molar-refractivity contribution in [2.24, 2.45) is 0 Å². The van der Waals surface area contributed by atoms with Gasteiger partial charge in [0.25, 0.3) is 5.69 Å². The second-order valence-electron chi connectivity index (χ2n) is 4.90. The Labute approximate surface area is 155 Å². The molecule has 1 heterocycles. The Bertz CT molecular complexity index is 978. The number of nitrogens with one attached hydrogen (secondary N) is 1. The van der Waals surface area contributed by atoms with Crippen LogP contribution in [0.3, 0.4) is 0 Å². The van der Waals surface area contributed by atoms with Crippen molar-refractivity contribution >= 4 is 67.6 Å². The summed E-state index contributed by atoms with van der Waals surface area (Å²) in [5.41, 5.74) is 1.02. The molecule has 9 heteroatoms. The summed E-state index contributed by atoms with van der Waals surface area (Å²) in [5.74, 6) is -0.419. The van der Waals surface area contributed by atoms with E-state index in [1.54, 1.807) is 24.3 Å². The van der Waals surface area contributed by atoms with Crippen LogP contribution >= 0.6 is 34.5 Å². The van der Waals surface area contributed by atoms with Gasteiger partial charge in [-0.1, -0.05) is 46.7 Å². The third-order valence-corrected chi connectivity index (χ3v) is 4.92. The Kier molecular flexibility index (Phi) is 4.98. The molecule has 0 spiro atoms. The van der Waals surface area contributed by atoms with Gasteiger partial charge in [0.1, 0.15) is 5.52 Å². The maximum Gasteiger partial charge on any atom is 0.270 e. The highest BCUT2D eigenvalue weighted by atomic mass is 35.5. The van der Waals surface area contributed by atoms with Crippen LogP contribution in [0.15, 0.2) is 42.5 Å². The van der Waals surface area contributed by atoms with E-state index in [-0.39, 0.29) is 5.69 Å². The molecule has 0 atom stereocenters. The smallest absolute Gasteiger partial charge is 0.270 e. The Balaban J connectivity index is 1.76. The molecule has 0 radical (unpaired) electrons. The minimum absolute atomic E-state index is 0.0435. The standard InChI is InChI=1S/C16H9Cl2N3O3S/c17-11-5-6-12(18)15-14(11)20-16(25-15)19-13(22)7-4-9-2-1-3-10(8-9)21(23)24/h1-8H,(H,19,20,22)/b7-4+. The zero-order chi connectivity index (χ0) is 18.0. The molecule has 0 aliphatic heterocycles. The van der Waals surface area contributed by atoms with E-state index >= 15 is 0 Å². The number of nitro groups is 1. The van der Waals surface area contributed by atoms with Crippen molar-refractivity contribution in [3.8, 4) is 0 Å². The highest BCUT2D eigenvalue weighted by Gasteiger charge is 2.11. The number of rotatable bonds is 4. The molecule has 126 valence electrons. The molecule has 1 N–H and O–H groups in total. The van der Waals surface area contributed by atoms with E-state index in [1.165, 1.54) is 35.6 Å². The molecule has 0 unspecified atom stereocenters. The van der Waals surface area contributed by atoms with Gasteiger partial charge < -0.3 is 0 Å². The van der Waals surface area contributed by atoms with Gasteiger partial charge in [0.2, 0.25) is 5.91 Å². The van der Waals surface area contributed by atoms with Crippen LogP contribution in [0.5, 0.6) is 0 Å². The van der Waals surface area contributed by atoms with Crippen molar-refractivity contribution in [2.75, 3.05) is 5.32 Å². The summed E-state index contributed by atoms with van der Waals surface area (Å²) in [6, 6.07) is 9.27. The highest BCUT2D eigenvalue weighted by Crippen LogP contribution is 2.35. The van der Waals surface area contributed by atoms with E-state index in [0.29, 0.717) is 31.0 Å². The molecule has 3 rings (SSSR count). The second-order valence-corrected chi connectivity index (χ2v) is 6.71. The average Bonchev–Trinajstić information content (AvgIpc) is 3.01. The fourth-order valence-corrected chi connectivity index (χ4v) is 3.48. The third-order valence-electron chi connectivity index (χ3n) is 3.18. The van der Waals surface area contributed by atoms with Crippen LogP contribution in [0.1, 0.15) is 5.56 Å². The Morgan fingerprint density at radius 2 is 2.00 bits per heavy atom. The topological polar surface area (TPSA) is 85.1 Å². The van der Waals surface area contributed by atoms with Gasteiger partial charge in [0.05, 0.1) is 19.7 Å². The van der Waals surface area contributed by atoms with Gasteiger partial charge in [0.15, 0.2) is 5.13 Å². The first-order valence-electron chi connectivity index (χ1n) is 6.92. The fourth-order valence-electron chi connectivity index (χ4n) is 2.06. The lowest BCUT2D eigenvalue weighted by atomic mass is 10.2. The van der Waals surface area contributed by atoms with Crippen molar-refractivity contribution < 1.29 is 9.72 Å². The average molecular weight is 394 g/mol. The normalized spacial score (nSPS) is 11.1. The summed E-state index contributed by atoms with van der Waals surface area (Å²) in [4.78, 5) is 26.5. The molecular formula is C16H9Cl2N3O3S. The number of benzene rings is 2. The van der Waals surface area contributed by atoms with E-state index in [2.05, 4.69) is 10.3 Å². The fraction of sp³-hybridized carbons (Fsp3) is 0. The molecule has 0 aliphatic carbocycles. The molecule has 6 nitrogen and oxygen atoms in total. The van der Waals surface area contributed by atoms with E-state index < -0.39 is 10.8 Å². The van der Waals surface area contributed by atoms with Gasteiger partial charge >= 0.3 is 0 Å². The van der Waals surface area contributed by atoms with Crippen molar-refractivity contribution in [1.29, 1.82) is 0 Å². The largest absolute Gasteiger partial charge is 0.298 e. The second kappa shape index (κ2) is 7.18. The SMILES string of the molecule is O=C(/C=C/c1cccc([N+](=O)[O-])c1)Nc1nc2c(Cl)ccc(Cl)c2s1. The first kappa shape index (κ1) is 17.3. The number of hydrogen-bond donors (Lipinski definition) is 1. The molecule has 0 fully saturated rings. The van der Waals surface area contributed by atoms with Crippen LogP contribution < -0.4 is 5.32 Å². The molecule has 2 aromatic carbocycles. The number of carbonyl (C=O) groups is 1. The van der Waals surface area contributed by atoms with E-state index in [4.69, 9.17) is 23.2 Å². The summed E-state index contributed by atoms with van der Waals surface area (Å²) in [6.45, 7) is 0. The van der Waals surface area contributed by atoms with Crippen LogP contribution in [0, 0.1) is 10.1 Å². The molecular weight excluding hydrogens is 385 g/mol. The number of aromatic nitrogens is 1. The van der Waals surface area contributed by atoms with E-state index in [9.17, 15) is 14.9 Å². The Morgan fingerprint density at radius 3 is 2.72 bits per heavy atom. The van der Waals surface area contributed by atoms with Crippen LogP contribution in [-0.4, -0.2) is 15.8 Å². The van der Waals surface area contributed by atoms with E-state index in [1.807, 2.05) is 0 Å². The third kappa shape index (κ3) is 3.96. The van der Waals surface area contributed by atoms with Crippen LogP contribution in [0.25, 0.3) is 16.3 Å². The Morgan fingerprint density at radius 1 is 1.24 bits per heavy atom. The molecule has 0 aliphatic rings. The molecule has 0 saturated carbocycles. The molecule has 3 aromatic rings. The van der Waals surface area contributed by atoms with Gasteiger partial charge in [-0.05, 0) is 23.8 Å². The predicted molar refractivity (Wildman–Crippen MR) is 100 cm³/mol. The first-order chi connectivity index (χ1) is 11.9. The number of fused-ring (bicyclic) bond motifs is 1. The monoisotopic (exact) mass is 393 g/mol. The number of nitro benzene ring substituents is 1. The van der Waals surface area contributed by atoms with E-state index in [0.717, 1.165) is 0 Å². The maximum atomic E-state index is 12.0. The van der Waals surface area contributed by atoms with Gasteiger partial charge in [-0.15, -0.1) is 0 Å². The van der Waals surface area contributed by atoms with Crippen LogP contribution in [0.2, 0.25) is 10.0 Å². The number of nitrogens with zero attached hydrogens (tertiary/aromatic N) is 2. The molecule has 0 saturated heterocycles. The number of thiazole rings is 1. The Hall–Kier alpha value is -2.48. The van der Waals surface area contributed by atoms with Gasteiger partial charge in [-0.3, -0.25) is 20.2 Å². The lowest BCUT2D eigenvalue weighted by molar-refractivity contribution is -0.384. The maximum absolute atomic E-state index is 12.0. The van der Waals surface area contributed by atoms with Crippen molar-refractivity contribution in [1.82, 2.24) is 4.98 Å². The summed E-state index contributed by atoms with van der Waals surface area (Å²) in [6.07, 6.45) is 2.75. The summed E-state index contributed by atoms with van der Waals surface area (Å²) >= 11 is 13.4. The number of carbonyl (C=O) groups excluding carboxylic acids is 1. The number of halogens is 2. The molecule has 25 heavy (non-hydrogen) atoms. The molecule has 1 aromatic heterocycles. The van der Waals surface area contributed by atoms with Crippen molar-refractivity contribution in [3.63, 3.8) is 0 Å². The highest BCUT2D eigenvalue weighted by molar-refractivity contribution is 7.23. The first-order valence-corrected chi connectivity index (χ1v) is 8.49. The molecule has 1 amide bonds. The number of non-ortho nitro benzene ring substituents is 1. The minimum Gasteiger partial charge on any atom is -0.298 e. The van der Waals surface area contributed by atoms with Gasteiger partial charge in [-0.25, -0.2) is 4.98 Å². The quantitative estimate of drug-likeness (QED) is 0.376. The van der Waals surface area contributed by atoms with Crippen LogP contribution in [0.4, 0.5) is 10.8 Å². The molecule has 0 bridgehead atoms. The number of hydrogen-bond acceptors (Lipinski definition) is 5. The zero-order valence-corrected chi connectivity index (χ0v) is 14.7. The zero-order valence-electron chi connectivity index (χ0n) is 12.4. The van der Waals surface area contributed by atoms with Gasteiger partial charge in [0, 0.05) is 18.2 Å².